The van der Waals surface area contributed by atoms with Gasteiger partial charge in [0.25, 0.3) is 5.91 Å². The number of halogens is 3. The monoisotopic (exact) mass is 1110 g/mol. The van der Waals surface area contributed by atoms with E-state index in [-0.39, 0.29) is 60.6 Å². The molecule has 5 aliphatic rings. The summed E-state index contributed by atoms with van der Waals surface area (Å²) in [5.41, 5.74) is 1.88. The van der Waals surface area contributed by atoms with Gasteiger partial charge in [-0.05, 0) is 137 Å². The third-order valence-electron chi connectivity index (χ3n) is 16.5. The normalized spacial score (nSPS) is 23.1. The summed E-state index contributed by atoms with van der Waals surface area (Å²) >= 11 is 0. The molecule has 428 valence electrons. The lowest BCUT2D eigenvalue weighted by molar-refractivity contribution is -0.144. The van der Waals surface area contributed by atoms with E-state index < -0.39 is 76.9 Å². The molecule has 5 heterocycles. The number of para-hydroxylation sites is 1. The van der Waals surface area contributed by atoms with Gasteiger partial charge in [-0.2, -0.15) is 0 Å². The van der Waals surface area contributed by atoms with Gasteiger partial charge in [-0.3, -0.25) is 38.6 Å². The fourth-order valence-electron chi connectivity index (χ4n) is 11.7. The van der Waals surface area contributed by atoms with Crippen LogP contribution in [0.25, 0.3) is 0 Å². The van der Waals surface area contributed by atoms with Crippen molar-refractivity contribution in [3.05, 3.63) is 124 Å². The number of benzene rings is 4. The van der Waals surface area contributed by atoms with Crippen molar-refractivity contribution in [1.82, 2.24) is 36.0 Å². The molecule has 1 unspecified atom stereocenters. The number of carbonyl (C=O) groups is 6. The number of hydrogen-bond acceptors (Lipinski definition) is 12. The molecular weight excluding hydrogens is 1030 g/mol. The summed E-state index contributed by atoms with van der Waals surface area (Å²) in [7, 11) is 1.61. The van der Waals surface area contributed by atoms with Crippen molar-refractivity contribution in [1.29, 1.82) is 0 Å². The SMILES string of the molecule is CN[C@@H](C)C(=O)N[C@H](C(=O)N1Cc2ccc(NC(=O)CNC(=O)C3(C)CN(C(=O)CN4C[C@@H](C)NC[C@H]4CCN4CCOC[C@H]4C)c4cc(Cc5ccc(F)cc5)ccc43)cc2[C@H]1C(=O)Nc1c(F)cccc1F)C1CCOCC1. The summed E-state index contributed by atoms with van der Waals surface area (Å²) in [5.74, 6) is -6.03. The first kappa shape index (κ1) is 57.9. The number of morpholine rings is 1. The third-order valence-corrected chi connectivity index (χ3v) is 16.5. The molecule has 9 rings (SSSR count). The Bertz CT molecular complexity index is 2930. The Hall–Kier alpha value is -6.75. The lowest BCUT2D eigenvalue weighted by atomic mass is 9.83. The van der Waals surface area contributed by atoms with Crippen LogP contribution in [0.2, 0.25) is 0 Å². The van der Waals surface area contributed by atoms with Crippen molar-refractivity contribution in [3.63, 3.8) is 0 Å². The first-order valence-corrected chi connectivity index (χ1v) is 27.7. The Kier molecular flexibility index (Phi) is 18.4. The predicted octanol–water partition coefficient (Wildman–Crippen LogP) is 4.37. The molecule has 3 fully saturated rings. The number of piperazine rings is 1. The maximum atomic E-state index is 15.0. The first-order chi connectivity index (χ1) is 38.4. The minimum Gasteiger partial charge on any atom is -0.381 e. The smallest absolute Gasteiger partial charge is 0.252 e. The molecule has 0 saturated carbocycles. The molecule has 80 heavy (non-hydrogen) atoms. The van der Waals surface area contributed by atoms with Crippen LogP contribution >= 0.6 is 0 Å². The van der Waals surface area contributed by atoms with Crippen molar-refractivity contribution in [2.75, 3.05) is 94.8 Å². The molecule has 21 heteroatoms. The molecule has 7 atom stereocenters. The van der Waals surface area contributed by atoms with Crippen molar-refractivity contribution in [2.45, 2.75) is 102 Å². The third kappa shape index (κ3) is 13.0. The second kappa shape index (κ2) is 25.4. The van der Waals surface area contributed by atoms with E-state index in [9.17, 15) is 33.2 Å². The zero-order valence-electron chi connectivity index (χ0n) is 46.0. The molecule has 0 spiro atoms. The fourth-order valence-corrected chi connectivity index (χ4v) is 11.7. The quantitative estimate of drug-likeness (QED) is 0.0823. The Morgan fingerprint density at radius 2 is 1.60 bits per heavy atom. The van der Waals surface area contributed by atoms with E-state index >= 15 is 8.78 Å². The highest BCUT2D eigenvalue weighted by Crippen LogP contribution is 2.43. The number of anilines is 3. The van der Waals surface area contributed by atoms with Crippen LogP contribution in [0, 0.1) is 23.4 Å². The highest BCUT2D eigenvalue weighted by atomic mass is 19.1. The van der Waals surface area contributed by atoms with E-state index in [1.807, 2.05) is 18.2 Å². The lowest BCUT2D eigenvalue weighted by Crippen LogP contribution is -2.59. The zero-order valence-corrected chi connectivity index (χ0v) is 46.0. The van der Waals surface area contributed by atoms with Crippen LogP contribution in [-0.2, 0) is 56.6 Å². The van der Waals surface area contributed by atoms with Crippen LogP contribution in [0.15, 0.2) is 78.9 Å². The van der Waals surface area contributed by atoms with E-state index in [0.29, 0.717) is 75.1 Å². The van der Waals surface area contributed by atoms with Gasteiger partial charge in [0, 0.05) is 82.0 Å². The summed E-state index contributed by atoms with van der Waals surface area (Å²) in [4.78, 5) is 93.4. The van der Waals surface area contributed by atoms with Crippen LogP contribution < -0.4 is 36.8 Å². The highest BCUT2D eigenvalue weighted by molar-refractivity contribution is 6.05. The van der Waals surface area contributed by atoms with E-state index in [1.54, 1.807) is 50.1 Å². The molecule has 0 bridgehead atoms. The Balaban J connectivity index is 0.927. The van der Waals surface area contributed by atoms with E-state index in [0.717, 1.165) is 55.4 Å². The Labute approximate surface area is 464 Å². The molecule has 0 aliphatic carbocycles. The van der Waals surface area contributed by atoms with Crippen LogP contribution in [0.4, 0.5) is 30.2 Å². The lowest BCUT2D eigenvalue weighted by Gasteiger charge is -2.41. The maximum absolute atomic E-state index is 15.0. The van der Waals surface area contributed by atoms with Gasteiger partial charge in [-0.25, -0.2) is 13.2 Å². The number of ether oxygens (including phenoxy) is 2. The van der Waals surface area contributed by atoms with Crippen molar-refractivity contribution < 1.29 is 51.4 Å². The Morgan fingerprint density at radius 3 is 2.33 bits per heavy atom. The molecule has 3 saturated heterocycles. The average molecular weight is 1110 g/mol. The topological polar surface area (TPSA) is 206 Å². The van der Waals surface area contributed by atoms with Gasteiger partial charge in [-0.1, -0.05) is 36.4 Å². The maximum Gasteiger partial charge on any atom is 0.252 e. The average Bonchev–Trinajstić information content (AvgIpc) is 4.22. The standard InChI is InChI=1S/C59H73F3N10O8/c1-35-30-70(44(28-64-35)17-20-69-21-24-80-33-36(69)2)32-51(74)72-34-59(4,46-16-11-39(26-49(46)72)25-38-9-13-42(60)14-10-38)58(78)65-29-50(73)66-43-15-12-41-31-71(54(45(41)27-43)56(76)68-53-47(61)7-6-8-48(53)62)57(77)52(40-18-22-79-23-19-40)67-55(75)37(3)63-5/h6-16,26-27,35-37,40,44,52,54,63-64H,17-25,28-34H2,1-5H3,(H,65,78)(H,66,73)(H,67,75)(H,68,76)/t35-,36-,37+,44-,52+,54+,59?/m1/s1. The van der Waals surface area contributed by atoms with Crippen molar-refractivity contribution in [2.24, 2.45) is 5.92 Å². The van der Waals surface area contributed by atoms with Gasteiger partial charge >= 0.3 is 0 Å². The molecule has 4 aromatic carbocycles. The van der Waals surface area contributed by atoms with Crippen LogP contribution in [-0.4, -0.2) is 160 Å². The van der Waals surface area contributed by atoms with Gasteiger partial charge in [0.2, 0.25) is 29.5 Å². The summed E-state index contributed by atoms with van der Waals surface area (Å²) in [6, 6.07) is 17.1. The van der Waals surface area contributed by atoms with E-state index in [4.69, 9.17) is 9.47 Å². The number of nitrogens with one attached hydrogen (secondary N) is 6. The molecular formula is C59H73F3N10O8. The first-order valence-electron chi connectivity index (χ1n) is 27.7. The predicted molar refractivity (Wildman–Crippen MR) is 295 cm³/mol. The summed E-state index contributed by atoms with van der Waals surface area (Å²) in [6.45, 7) is 12.3. The number of rotatable bonds is 18. The minimum atomic E-state index is -1.46. The molecule has 0 radical (unpaired) electrons. The Morgan fingerprint density at radius 1 is 0.863 bits per heavy atom. The molecule has 5 aliphatic heterocycles. The molecule has 6 N–H and O–H groups in total. The second-order valence-electron chi connectivity index (χ2n) is 22.2. The molecule has 0 aromatic heterocycles. The van der Waals surface area contributed by atoms with Crippen molar-refractivity contribution >= 4 is 52.5 Å². The van der Waals surface area contributed by atoms with Gasteiger partial charge in [0.1, 0.15) is 35.2 Å². The summed E-state index contributed by atoms with van der Waals surface area (Å²) < 4.78 is 55.2. The zero-order chi connectivity index (χ0) is 56.8. The van der Waals surface area contributed by atoms with Gasteiger partial charge < -0.3 is 51.2 Å². The van der Waals surface area contributed by atoms with Gasteiger partial charge in [-0.15, -0.1) is 0 Å². The van der Waals surface area contributed by atoms with E-state index in [2.05, 4.69) is 55.5 Å². The minimum absolute atomic E-state index is 0.0000786. The van der Waals surface area contributed by atoms with Crippen molar-refractivity contribution in [3.8, 4) is 0 Å². The number of likely N-dealkylation sites (N-methyl/N-ethyl adjacent to an activating group) is 1. The molecule has 6 amide bonds. The summed E-state index contributed by atoms with van der Waals surface area (Å²) in [6.07, 6.45) is 2.20. The molecule has 18 nitrogen and oxygen atoms in total. The van der Waals surface area contributed by atoms with Crippen LogP contribution in [0.5, 0.6) is 0 Å². The number of hydrogen-bond donors (Lipinski definition) is 6. The number of fused-ring (bicyclic) bond motifs is 2. The fraction of sp³-hybridized carbons (Fsp3) is 0.492. The number of nitrogens with zero attached hydrogens (tertiary/aromatic N) is 4. The van der Waals surface area contributed by atoms with Gasteiger partial charge in [0.05, 0.1) is 37.8 Å². The van der Waals surface area contributed by atoms with Crippen LogP contribution in [0.3, 0.4) is 0 Å². The largest absolute Gasteiger partial charge is 0.381 e. The van der Waals surface area contributed by atoms with E-state index in [1.165, 1.54) is 23.1 Å². The number of amides is 6. The molecule has 4 aromatic rings. The second-order valence-corrected chi connectivity index (χ2v) is 22.2. The van der Waals surface area contributed by atoms with Gasteiger partial charge in [0.15, 0.2) is 0 Å². The summed E-state index contributed by atoms with van der Waals surface area (Å²) in [5, 5.41) is 17.3. The number of carbonyl (C=O) groups excluding carboxylic acids is 6. The highest BCUT2D eigenvalue weighted by Gasteiger charge is 2.48. The van der Waals surface area contributed by atoms with Crippen LogP contribution in [0.1, 0.15) is 80.8 Å².